The second kappa shape index (κ2) is 7.10. The van der Waals surface area contributed by atoms with Gasteiger partial charge >= 0.3 is 0 Å². The molecule has 8 nitrogen and oxygen atoms in total. The average molecular weight is 365 g/mol. The molecule has 1 fully saturated rings. The molecule has 1 aliphatic rings. The smallest absolute Gasteiger partial charge is 0.235 e. The van der Waals surface area contributed by atoms with Crippen LogP contribution in [0.1, 0.15) is 18.2 Å². The predicted octanol–water partition coefficient (Wildman–Crippen LogP) is 1.71. The van der Waals surface area contributed by atoms with Gasteiger partial charge in [-0.25, -0.2) is 0 Å². The molecule has 1 atom stereocenters. The van der Waals surface area contributed by atoms with Gasteiger partial charge in [-0.3, -0.25) is 9.59 Å². The van der Waals surface area contributed by atoms with Crippen LogP contribution >= 0.6 is 11.6 Å². The first-order valence-corrected chi connectivity index (χ1v) is 8.06. The molecule has 132 valence electrons. The van der Waals surface area contributed by atoms with Crippen molar-refractivity contribution < 1.29 is 18.7 Å². The SMILES string of the molecule is COc1ccc(N2C[C@@H](C(=O)NCc3nnc(C)o3)CC2=O)cc1Cl. The van der Waals surface area contributed by atoms with E-state index in [1.807, 2.05) is 0 Å². The van der Waals surface area contributed by atoms with E-state index >= 15 is 0 Å². The Hall–Kier alpha value is -2.61. The number of amides is 2. The van der Waals surface area contributed by atoms with Crippen molar-refractivity contribution in [1.29, 1.82) is 0 Å². The van der Waals surface area contributed by atoms with Crippen molar-refractivity contribution >= 4 is 29.1 Å². The highest BCUT2D eigenvalue weighted by Gasteiger charge is 2.35. The van der Waals surface area contributed by atoms with E-state index in [4.69, 9.17) is 20.8 Å². The number of carbonyl (C=O) groups is 2. The van der Waals surface area contributed by atoms with Crippen molar-refractivity contribution in [3.8, 4) is 5.75 Å². The zero-order valence-corrected chi connectivity index (χ0v) is 14.5. The first kappa shape index (κ1) is 17.2. The number of rotatable bonds is 5. The minimum absolute atomic E-state index is 0.130. The third-order valence-electron chi connectivity index (χ3n) is 3.92. The standard InChI is InChI=1S/C16H17ClN4O4/c1-9-19-20-14(25-9)7-18-16(23)10-5-15(22)21(8-10)11-3-4-13(24-2)12(17)6-11/h3-4,6,10H,5,7-8H2,1-2H3,(H,18,23)/t10-/m0/s1. The Bertz CT molecular complexity index is 807. The maximum atomic E-state index is 12.3. The van der Waals surface area contributed by atoms with Gasteiger partial charge in [-0.05, 0) is 18.2 Å². The second-order valence-corrected chi connectivity index (χ2v) is 6.06. The first-order valence-electron chi connectivity index (χ1n) is 7.68. The molecule has 2 aromatic rings. The van der Waals surface area contributed by atoms with Crippen LogP contribution in [0, 0.1) is 12.8 Å². The summed E-state index contributed by atoms with van der Waals surface area (Å²) in [6.45, 7) is 2.10. The maximum Gasteiger partial charge on any atom is 0.235 e. The topological polar surface area (TPSA) is 97.6 Å². The van der Waals surface area contributed by atoms with Crippen LogP contribution in [0.2, 0.25) is 5.02 Å². The van der Waals surface area contributed by atoms with E-state index in [0.29, 0.717) is 28.2 Å². The quantitative estimate of drug-likeness (QED) is 0.867. The van der Waals surface area contributed by atoms with Crippen LogP contribution in [-0.4, -0.2) is 35.7 Å². The summed E-state index contributed by atoms with van der Waals surface area (Å²) in [7, 11) is 1.52. The number of ether oxygens (including phenoxy) is 1. The number of hydrogen-bond acceptors (Lipinski definition) is 6. The van der Waals surface area contributed by atoms with Crippen LogP contribution in [0.3, 0.4) is 0 Å². The molecular formula is C16H17ClN4O4. The summed E-state index contributed by atoms with van der Waals surface area (Å²) >= 11 is 6.11. The summed E-state index contributed by atoms with van der Waals surface area (Å²) in [5.74, 6) is 0.483. The number of carbonyl (C=O) groups excluding carboxylic acids is 2. The Morgan fingerprint density at radius 2 is 2.28 bits per heavy atom. The Morgan fingerprint density at radius 1 is 1.48 bits per heavy atom. The van der Waals surface area contributed by atoms with Gasteiger partial charge in [-0.2, -0.15) is 0 Å². The summed E-state index contributed by atoms with van der Waals surface area (Å²) in [6, 6.07) is 5.08. The van der Waals surface area contributed by atoms with Gasteiger partial charge in [0.15, 0.2) is 0 Å². The lowest BCUT2D eigenvalue weighted by molar-refractivity contribution is -0.126. The molecule has 1 aromatic heterocycles. The lowest BCUT2D eigenvalue weighted by Gasteiger charge is -2.17. The summed E-state index contributed by atoms with van der Waals surface area (Å²) in [6.07, 6.45) is 0.137. The lowest BCUT2D eigenvalue weighted by atomic mass is 10.1. The predicted molar refractivity (Wildman–Crippen MR) is 89.3 cm³/mol. The highest BCUT2D eigenvalue weighted by Crippen LogP contribution is 2.32. The van der Waals surface area contributed by atoms with Gasteiger partial charge in [0.25, 0.3) is 0 Å². The summed E-state index contributed by atoms with van der Waals surface area (Å²) in [5.41, 5.74) is 0.638. The number of nitrogens with one attached hydrogen (secondary N) is 1. The lowest BCUT2D eigenvalue weighted by Crippen LogP contribution is -2.32. The summed E-state index contributed by atoms with van der Waals surface area (Å²) < 4.78 is 10.3. The van der Waals surface area contributed by atoms with Crippen molar-refractivity contribution in [2.75, 3.05) is 18.6 Å². The van der Waals surface area contributed by atoms with Crippen LogP contribution < -0.4 is 15.0 Å². The monoisotopic (exact) mass is 364 g/mol. The minimum Gasteiger partial charge on any atom is -0.495 e. The van der Waals surface area contributed by atoms with E-state index in [1.165, 1.54) is 7.11 Å². The van der Waals surface area contributed by atoms with E-state index in [2.05, 4.69) is 15.5 Å². The molecule has 0 aliphatic carbocycles. The van der Waals surface area contributed by atoms with Gasteiger partial charge in [0.1, 0.15) is 5.75 Å². The van der Waals surface area contributed by atoms with Gasteiger partial charge in [0, 0.05) is 25.6 Å². The van der Waals surface area contributed by atoms with Crippen LogP contribution in [0.4, 0.5) is 5.69 Å². The number of benzene rings is 1. The Balaban J connectivity index is 1.63. The number of hydrogen-bond donors (Lipinski definition) is 1. The zero-order chi connectivity index (χ0) is 18.0. The maximum absolute atomic E-state index is 12.3. The van der Waals surface area contributed by atoms with Crippen molar-refractivity contribution in [2.24, 2.45) is 5.92 Å². The Morgan fingerprint density at radius 3 is 2.92 bits per heavy atom. The fourth-order valence-corrected chi connectivity index (χ4v) is 2.92. The molecule has 2 amide bonds. The van der Waals surface area contributed by atoms with E-state index in [1.54, 1.807) is 30.0 Å². The molecule has 1 aliphatic heterocycles. The number of halogens is 1. The fraction of sp³-hybridized carbons (Fsp3) is 0.375. The molecule has 9 heteroatoms. The fourth-order valence-electron chi connectivity index (χ4n) is 2.67. The average Bonchev–Trinajstić information content (AvgIpc) is 3.18. The zero-order valence-electron chi connectivity index (χ0n) is 13.8. The van der Waals surface area contributed by atoms with Crippen LogP contribution in [0.15, 0.2) is 22.6 Å². The molecule has 1 N–H and O–H groups in total. The van der Waals surface area contributed by atoms with Gasteiger partial charge in [-0.1, -0.05) is 11.6 Å². The molecule has 0 spiro atoms. The molecule has 1 saturated heterocycles. The van der Waals surface area contributed by atoms with E-state index in [9.17, 15) is 9.59 Å². The molecule has 0 unspecified atom stereocenters. The summed E-state index contributed by atoms with van der Waals surface area (Å²) in [5, 5.41) is 10.6. The Labute approximate surface area is 149 Å². The Kier molecular flexibility index (Phi) is 4.89. The molecule has 25 heavy (non-hydrogen) atoms. The number of nitrogens with zero attached hydrogens (tertiary/aromatic N) is 3. The number of aromatic nitrogens is 2. The number of aryl methyl sites for hydroxylation is 1. The van der Waals surface area contributed by atoms with Gasteiger partial charge in [0.05, 0.1) is 24.6 Å². The van der Waals surface area contributed by atoms with E-state index < -0.39 is 5.92 Å². The molecule has 2 heterocycles. The molecule has 0 saturated carbocycles. The van der Waals surface area contributed by atoms with Crippen molar-refractivity contribution in [1.82, 2.24) is 15.5 Å². The highest BCUT2D eigenvalue weighted by atomic mass is 35.5. The third kappa shape index (κ3) is 3.74. The van der Waals surface area contributed by atoms with E-state index in [0.717, 1.165) is 0 Å². The minimum atomic E-state index is -0.447. The van der Waals surface area contributed by atoms with Gasteiger partial charge in [0.2, 0.25) is 23.6 Å². The molecule has 1 aromatic carbocycles. The van der Waals surface area contributed by atoms with Crippen molar-refractivity contribution in [2.45, 2.75) is 19.9 Å². The largest absolute Gasteiger partial charge is 0.495 e. The molecule has 0 bridgehead atoms. The first-order chi connectivity index (χ1) is 12.0. The van der Waals surface area contributed by atoms with Gasteiger partial charge < -0.3 is 19.4 Å². The van der Waals surface area contributed by atoms with Crippen LogP contribution in [0.25, 0.3) is 0 Å². The molecule has 0 radical (unpaired) electrons. The highest BCUT2D eigenvalue weighted by molar-refractivity contribution is 6.32. The van der Waals surface area contributed by atoms with Crippen LogP contribution in [0.5, 0.6) is 5.75 Å². The normalized spacial score (nSPS) is 17.0. The van der Waals surface area contributed by atoms with E-state index in [-0.39, 0.29) is 31.3 Å². The van der Waals surface area contributed by atoms with Crippen molar-refractivity contribution in [3.05, 3.63) is 35.0 Å². The third-order valence-corrected chi connectivity index (χ3v) is 4.22. The summed E-state index contributed by atoms with van der Waals surface area (Å²) in [4.78, 5) is 26.1. The van der Waals surface area contributed by atoms with Crippen LogP contribution in [-0.2, 0) is 16.1 Å². The van der Waals surface area contributed by atoms with Gasteiger partial charge in [-0.15, -0.1) is 10.2 Å². The van der Waals surface area contributed by atoms with Crippen molar-refractivity contribution in [3.63, 3.8) is 0 Å². The second-order valence-electron chi connectivity index (χ2n) is 5.66. The number of methoxy groups -OCH3 is 1. The molecular weight excluding hydrogens is 348 g/mol. The molecule has 3 rings (SSSR count). The number of anilines is 1.